The first-order valence-corrected chi connectivity index (χ1v) is 9.57. The summed E-state index contributed by atoms with van der Waals surface area (Å²) in [5.41, 5.74) is 0.424. The summed E-state index contributed by atoms with van der Waals surface area (Å²) < 4.78 is 27.8. The summed E-state index contributed by atoms with van der Waals surface area (Å²) in [6.45, 7) is 0. The Kier molecular flexibility index (Phi) is 5.44. The van der Waals surface area contributed by atoms with Crippen molar-refractivity contribution in [2.24, 2.45) is 0 Å². The van der Waals surface area contributed by atoms with Crippen LogP contribution in [-0.4, -0.2) is 16.4 Å². The van der Waals surface area contributed by atoms with Crippen LogP contribution < -0.4 is 10.4 Å². The highest BCUT2D eigenvalue weighted by molar-refractivity contribution is 6.30. The van der Waals surface area contributed by atoms with Crippen molar-refractivity contribution in [3.05, 3.63) is 94.5 Å². The largest absolute Gasteiger partial charge is 0.859 e. The van der Waals surface area contributed by atoms with Crippen LogP contribution in [0.2, 0.25) is 5.02 Å². The van der Waals surface area contributed by atoms with Crippen LogP contribution in [0, 0.1) is 11.6 Å². The van der Waals surface area contributed by atoms with Crippen LogP contribution in [0.4, 0.5) is 19.3 Å². The van der Waals surface area contributed by atoms with Crippen molar-refractivity contribution < 1.29 is 23.5 Å². The lowest BCUT2D eigenvalue weighted by Gasteiger charge is -2.15. The van der Waals surface area contributed by atoms with E-state index in [1.165, 1.54) is 6.07 Å². The predicted molar refractivity (Wildman–Crippen MR) is 112 cm³/mol. The molecule has 8 heteroatoms. The fraction of sp³-hybridized carbons (Fsp3) is 0.0435. The van der Waals surface area contributed by atoms with Gasteiger partial charge in [-0.25, -0.2) is 13.6 Å². The number of carbonyl (C=O) groups excluding carboxylic acids is 2. The van der Waals surface area contributed by atoms with Crippen LogP contribution in [0.1, 0.15) is 15.9 Å². The smallest absolute Gasteiger partial charge is 0.330 e. The fourth-order valence-electron chi connectivity index (χ4n) is 3.33. The van der Waals surface area contributed by atoms with Gasteiger partial charge in [0.05, 0.1) is 11.2 Å². The van der Waals surface area contributed by atoms with Gasteiger partial charge in [-0.2, -0.15) is 0 Å². The van der Waals surface area contributed by atoms with E-state index in [9.17, 15) is 23.5 Å². The number of halogens is 3. The zero-order chi connectivity index (χ0) is 22.1. The lowest BCUT2D eigenvalue weighted by Crippen LogP contribution is -2.22. The third kappa shape index (κ3) is 4.00. The summed E-state index contributed by atoms with van der Waals surface area (Å²) in [4.78, 5) is 25.7. The number of hydrogen-bond donors (Lipinski definition) is 1. The number of fused-ring (bicyclic) bond motifs is 1. The molecule has 4 rings (SSSR count). The number of rotatable bonds is 4. The molecule has 0 aliphatic rings. The molecule has 0 saturated carbocycles. The highest BCUT2D eigenvalue weighted by Crippen LogP contribution is 2.31. The van der Waals surface area contributed by atoms with E-state index in [-0.39, 0.29) is 23.2 Å². The van der Waals surface area contributed by atoms with Gasteiger partial charge in [0.25, 0.3) is 0 Å². The SMILES string of the molecule is O=C(Cc1ccc(Cl)cc1)c1c([O-])n(C(=O)Nc2ccc(F)cc2F)c2ccccc12. The molecule has 0 bridgehead atoms. The Bertz CT molecular complexity index is 1320. The molecular weight excluding hydrogens is 426 g/mol. The summed E-state index contributed by atoms with van der Waals surface area (Å²) in [5.74, 6) is -3.08. The second kappa shape index (κ2) is 8.20. The molecule has 1 amide bonds. The standard InChI is InChI=1S/C23H15ClF2N2O3/c24-14-7-5-13(6-8-14)11-20(29)21-16-3-1-2-4-19(16)28(22(21)30)23(31)27-18-10-9-15(25)12-17(18)26/h1-10,12,30H,11H2,(H,27,31)/p-1. The number of aromatic nitrogens is 1. The normalized spacial score (nSPS) is 10.9. The number of nitrogens with zero attached hydrogens (tertiary/aromatic N) is 1. The lowest BCUT2D eigenvalue weighted by molar-refractivity contribution is -0.276. The number of para-hydroxylation sites is 1. The minimum atomic E-state index is -0.990. The van der Waals surface area contributed by atoms with Crippen molar-refractivity contribution in [1.29, 1.82) is 0 Å². The first-order valence-electron chi connectivity index (χ1n) is 9.19. The average Bonchev–Trinajstić information content (AvgIpc) is 3.03. The number of Topliss-reactive ketones (excluding diaryl/α,β-unsaturated/α-hetero) is 1. The monoisotopic (exact) mass is 439 g/mol. The molecular formula is C23H14ClF2N2O3-. The van der Waals surface area contributed by atoms with E-state index >= 15 is 0 Å². The van der Waals surface area contributed by atoms with E-state index in [0.717, 1.165) is 16.7 Å². The number of benzene rings is 3. The topological polar surface area (TPSA) is 74.2 Å². The van der Waals surface area contributed by atoms with Crippen LogP contribution in [0.5, 0.6) is 5.88 Å². The van der Waals surface area contributed by atoms with E-state index in [0.29, 0.717) is 22.0 Å². The van der Waals surface area contributed by atoms with Gasteiger partial charge in [0.2, 0.25) is 0 Å². The molecule has 4 aromatic rings. The van der Waals surface area contributed by atoms with Gasteiger partial charge in [0.1, 0.15) is 11.6 Å². The van der Waals surface area contributed by atoms with Gasteiger partial charge in [-0.05, 0) is 41.8 Å². The molecule has 1 aromatic heterocycles. The first-order chi connectivity index (χ1) is 14.8. The first kappa shape index (κ1) is 20.6. The number of anilines is 1. The van der Waals surface area contributed by atoms with Crippen molar-refractivity contribution in [1.82, 2.24) is 4.57 Å². The molecule has 1 N–H and O–H groups in total. The van der Waals surface area contributed by atoms with Crippen molar-refractivity contribution >= 4 is 40.0 Å². The molecule has 0 aliphatic heterocycles. The zero-order valence-corrected chi connectivity index (χ0v) is 16.6. The molecule has 3 aromatic carbocycles. The predicted octanol–water partition coefficient (Wildman–Crippen LogP) is 5.15. The van der Waals surface area contributed by atoms with Crippen molar-refractivity contribution in [3.8, 4) is 5.88 Å². The molecule has 5 nitrogen and oxygen atoms in total. The maximum absolute atomic E-state index is 13.9. The molecule has 0 saturated heterocycles. The number of nitrogens with one attached hydrogen (secondary N) is 1. The van der Waals surface area contributed by atoms with Crippen LogP contribution in [0.15, 0.2) is 66.7 Å². The zero-order valence-electron chi connectivity index (χ0n) is 15.9. The van der Waals surface area contributed by atoms with E-state index in [1.54, 1.807) is 42.5 Å². The van der Waals surface area contributed by atoms with E-state index in [1.807, 2.05) is 0 Å². The minimum absolute atomic E-state index is 0.0609. The molecule has 0 atom stereocenters. The Labute approximate surface area is 180 Å². The Morgan fingerprint density at radius 3 is 2.42 bits per heavy atom. The summed E-state index contributed by atoms with van der Waals surface area (Å²) in [6.07, 6.45) is -0.0609. The Morgan fingerprint density at radius 2 is 1.71 bits per heavy atom. The maximum atomic E-state index is 13.9. The highest BCUT2D eigenvalue weighted by Gasteiger charge is 2.21. The summed E-state index contributed by atoms with van der Waals surface area (Å²) >= 11 is 5.86. The van der Waals surface area contributed by atoms with Gasteiger partial charge in [0.15, 0.2) is 5.78 Å². The maximum Gasteiger partial charge on any atom is 0.330 e. The van der Waals surface area contributed by atoms with Crippen LogP contribution in [-0.2, 0) is 6.42 Å². The minimum Gasteiger partial charge on any atom is -0.859 e. The van der Waals surface area contributed by atoms with Crippen molar-refractivity contribution in [3.63, 3.8) is 0 Å². The van der Waals surface area contributed by atoms with E-state index < -0.39 is 29.3 Å². The number of amides is 1. The molecule has 156 valence electrons. The number of ketones is 1. The molecule has 0 radical (unpaired) electrons. The summed E-state index contributed by atoms with van der Waals surface area (Å²) in [5, 5.41) is 16.1. The number of hydrogen-bond acceptors (Lipinski definition) is 3. The average molecular weight is 440 g/mol. The summed E-state index contributed by atoms with van der Waals surface area (Å²) in [6, 6.07) is 14.6. The van der Waals surface area contributed by atoms with Gasteiger partial charge < -0.3 is 10.4 Å². The van der Waals surface area contributed by atoms with Gasteiger partial charge in [-0.1, -0.05) is 41.9 Å². The fourth-order valence-corrected chi connectivity index (χ4v) is 3.45. The van der Waals surface area contributed by atoms with Gasteiger partial charge in [-0.15, -0.1) is 0 Å². The number of carbonyl (C=O) groups is 2. The third-order valence-corrected chi connectivity index (χ3v) is 5.02. The van der Waals surface area contributed by atoms with Crippen LogP contribution in [0.3, 0.4) is 0 Å². The molecule has 0 spiro atoms. The third-order valence-electron chi connectivity index (χ3n) is 4.76. The van der Waals surface area contributed by atoms with Gasteiger partial charge in [0, 0.05) is 28.5 Å². The quantitative estimate of drug-likeness (QED) is 0.447. The van der Waals surface area contributed by atoms with Crippen LogP contribution >= 0.6 is 11.6 Å². The van der Waals surface area contributed by atoms with E-state index in [2.05, 4.69) is 5.32 Å². The second-order valence-corrected chi connectivity index (χ2v) is 7.25. The Hall–Kier alpha value is -3.71. The highest BCUT2D eigenvalue weighted by atomic mass is 35.5. The molecule has 0 fully saturated rings. The molecule has 1 heterocycles. The lowest BCUT2D eigenvalue weighted by atomic mass is 10.0. The molecule has 0 unspecified atom stereocenters. The summed E-state index contributed by atoms with van der Waals surface area (Å²) in [7, 11) is 0. The van der Waals surface area contributed by atoms with Gasteiger partial charge >= 0.3 is 6.03 Å². The van der Waals surface area contributed by atoms with Crippen molar-refractivity contribution in [2.45, 2.75) is 6.42 Å². The van der Waals surface area contributed by atoms with E-state index in [4.69, 9.17) is 11.6 Å². The van der Waals surface area contributed by atoms with Crippen LogP contribution in [0.25, 0.3) is 10.9 Å². The molecule has 0 aliphatic carbocycles. The van der Waals surface area contributed by atoms with Gasteiger partial charge in [-0.3, -0.25) is 9.36 Å². The second-order valence-electron chi connectivity index (χ2n) is 6.81. The Balaban J connectivity index is 1.73. The Morgan fingerprint density at radius 1 is 1.00 bits per heavy atom. The molecule has 31 heavy (non-hydrogen) atoms. The van der Waals surface area contributed by atoms with Crippen molar-refractivity contribution in [2.75, 3.05) is 5.32 Å².